The fourth-order valence-electron chi connectivity index (χ4n) is 2.96. The summed E-state index contributed by atoms with van der Waals surface area (Å²) >= 11 is 0. The molecule has 0 amide bonds. The van der Waals surface area contributed by atoms with Gasteiger partial charge in [-0.3, -0.25) is 0 Å². The molecular weight excluding hydrogens is 230 g/mol. The van der Waals surface area contributed by atoms with Crippen molar-refractivity contribution in [3.8, 4) is 0 Å². The molecule has 1 saturated heterocycles. The van der Waals surface area contributed by atoms with E-state index in [2.05, 4.69) is 16.1 Å². The van der Waals surface area contributed by atoms with Crippen molar-refractivity contribution in [3.63, 3.8) is 0 Å². The van der Waals surface area contributed by atoms with Crippen molar-refractivity contribution in [2.75, 3.05) is 18.5 Å². The summed E-state index contributed by atoms with van der Waals surface area (Å²) in [7, 11) is 0. The van der Waals surface area contributed by atoms with Crippen molar-refractivity contribution in [2.45, 2.75) is 25.5 Å². The van der Waals surface area contributed by atoms with E-state index in [0.717, 1.165) is 18.7 Å². The molecule has 1 aromatic rings. The smallest absolute Gasteiger partial charge is 0.329 e. The number of hydrogen-bond acceptors (Lipinski definition) is 3. The molecule has 0 spiro atoms. The Morgan fingerprint density at radius 1 is 1.50 bits per heavy atom. The Kier molecular flexibility index (Phi) is 2.96. The molecular formula is C14H18NO3+. The normalized spacial score (nSPS) is 29.1. The van der Waals surface area contributed by atoms with Crippen LogP contribution in [0.3, 0.4) is 0 Å². The Balaban J connectivity index is 1.93. The average Bonchev–Trinajstić information content (AvgIpc) is 2.87. The maximum Gasteiger partial charge on any atom is 0.329 e. The van der Waals surface area contributed by atoms with Crippen molar-refractivity contribution in [2.24, 2.45) is 5.92 Å². The van der Waals surface area contributed by atoms with E-state index in [-0.39, 0.29) is 24.0 Å². The van der Waals surface area contributed by atoms with E-state index in [1.165, 1.54) is 5.56 Å². The van der Waals surface area contributed by atoms with Crippen LogP contribution in [0.25, 0.3) is 0 Å². The van der Waals surface area contributed by atoms with Gasteiger partial charge < -0.3 is 14.8 Å². The minimum absolute atomic E-state index is 0.150. The van der Waals surface area contributed by atoms with Crippen LogP contribution in [0.15, 0.2) is 24.3 Å². The molecule has 0 radical (unpaired) electrons. The molecule has 0 aliphatic carbocycles. The van der Waals surface area contributed by atoms with Crippen LogP contribution in [-0.2, 0) is 9.53 Å². The standard InChI is InChI=1S/C14H17NO3/c1-2-17-14(16)12-10-7-8-18-13(10)9-5-3-4-6-11(9)15-12/h3-6,10,12-13,15H,2,7-8H2,1H3/p+1/t10?,12?,13-/m0/s1. The summed E-state index contributed by atoms with van der Waals surface area (Å²) in [5.41, 5.74) is 2.23. The summed E-state index contributed by atoms with van der Waals surface area (Å²) in [5, 5.41) is 3.32. The molecule has 18 heavy (non-hydrogen) atoms. The predicted octanol–water partition coefficient (Wildman–Crippen LogP) is 1.63. The van der Waals surface area contributed by atoms with Crippen LogP contribution in [-0.4, -0.2) is 30.0 Å². The zero-order valence-corrected chi connectivity index (χ0v) is 10.4. The van der Waals surface area contributed by atoms with Gasteiger partial charge in [0.2, 0.25) is 0 Å². The number of esters is 1. The van der Waals surface area contributed by atoms with E-state index < -0.39 is 0 Å². The second-order valence-electron chi connectivity index (χ2n) is 4.76. The van der Waals surface area contributed by atoms with Gasteiger partial charge in [-0.05, 0) is 19.1 Å². The highest BCUT2D eigenvalue weighted by molar-refractivity contribution is 5.81. The largest absolute Gasteiger partial charge is 0.464 e. The van der Waals surface area contributed by atoms with Crippen molar-refractivity contribution in [1.29, 1.82) is 0 Å². The number of ether oxygens (including phenoxy) is 2. The van der Waals surface area contributed by atoms with Crippen LogP contribution in [0.5, 0.6) is 0 Å². The summed E-state index contributed by atoms with van der Waals surface area (Å²) in [5.74, 6) is 0.0815. The highest BCUT2D eigenvalue weighted by Crippen LogP contribution is 2.43. The SMILES string of the molecule is CCOC(=O)C1Nc2ccccc2[C@@H]2[OH+]CCC12. The van der Waals surface area contributed by atoms with E-state index in [1.807, 2.05) is 25.1 Å². The number of carbonyl (C=O) groups excluding carboxylic acids is 1. The monoisotopic (exact) mass is 248 g/mol. The first kappa shape index (κ1) is 11.5. The van der Waals surface area contributed by atoms with Gasteiger partial charge >= 0.3 is 5.97 Å². The summed E-state index contributed by atoms with van der Waals surface area (Å²) in [6.07, 6.45) is 1.10. The van der Waals surface area contributed by atoms with Gasteiger partial charge in [-0.15, -0.1) is 0 Å². The van der Waals surface area contributed by atoms with Gasteiger partial charge in [0.1, 0.15) is 12.6 Å². The molecule has 1 aromatic carbocycles. The minimum atomic E-state index is -0.254. The highest BCUT2D eigenvalue weighted by atomic mass is 16.5. The van der Waals surface area contributed by atoms with E-state index in [9.17, 15) is 4.79 Å². The Bertz CT molecular complexity index is 460. The van der Waals surface area contributed by atoms with E-state index in [1.54, 1.807) is 0 Å². The molecule has 3 atom stereocenters. The fraction of sp³-hybridized carbons (Fsp3) is 0.500. The topological polar surface area (TPSA) is 51.1 Å². The van der Waals surface area contributed by atoms with Crippen LogP contribution in [0.4, 0.5) is 5.69 Å². The zero-order chi connectivity index (χ0) is 12.5. The van der Waals surface area contributed by atoms with Gasteiger partial charge in [0.25, 0.3) is 0 Å². The van der Waals surface area contributed by atoms with Crippen LogP contribution < -0.4 is 5.32 Å². The Hall–Kier alpha value is -1.55. The van der Waals surface area contributed by atoms with Crippen LogP contribution in [0, 0.1) is 5.92 Å². The number of aliphatic hydroxyl groups is 2. The molecule has 4 nitrogen and oxygen atoms in total. The second-order valence-corrected chi connectivity index (χ2v) is 4.76. The molecule has 0 saturated carbocycles. The zero-order valence-electron chi connectivity index (χ0n) is 10.4. The molecule has 2 aliphatic rings. The third-order valence-corrected chi connectivity index (χ3v) is 3.75. The molecule has 0 aromatic heterocycles. The first-order valence-electron chi connectivity index (χ1n) is 6.50. The summed E-state index contributed by atoms with van der Waals surface area (Å²) in [6.45, 7) is 3.10. The van der Waals surface area contributed by atoms with Gasteiger partial charge in [-0.1, -0.05) is 12.1 Å². The lowest BCUT2D eigenvalue weighted by atomic mass is 9.84. The van der Waals surface area contributed by atoms with Crippen molar-refractivity contribution in [3.05, 3.63) is 29.8 Å². The molecule has 2 heterocycles. The van der Waals surface area contributed by atoms with Crippen LogP contribution in [0.1, 0.15) is 25.0 Å². The van der Waals surface area contributed by atoms with Gasteiger partial charge in [0.05, 0.1) is 18.1 Å². The molecule has 2 aliphatic heterocycles. The Morgan fingerprint density at radius 3 is 3.17 bits per heavy atom. The van der Waals surface area contributed by atoms with Crippen LogP contribution >= 0.6 is 0 Å². The number of para-hydroxylation sites is 1. The van der Waals surface area contributed by atoms with E-state index in [0.29, 0.717) is 6.61 Å². The molecule has 1 fully saturated rings. The maximum atomic E-state index is 12.0. The lowest BCUT2D eigenvalue weighted by Crippen LogP contribution is -2.43. The molecule has 2 N–H and O–H groups in total. The summed E-state index contributed by atoms with van der Waals surface area (Å²) in [6, 6.07) is 7.84. The number of rotatable bonds is 2. The fourth-order valence-corrected chi connectivity index (χ4v) is 2.96. The average molecular weight is 248 g/mol. The van der Waals surface area contributed by atoms with Crippen molar-refractivity contribution < 1.29 is 14.3 Å². The molecule has 4 heteroatoms. The number of fused-ring (bicyclic) bond motifs is 3. The third kappa shape index (κ3) is 1.77. The number of anilines is 1. The van der Waals surface area contributed by atoms with Crippen LogP contribution in [0.2, 0.25) is 0 Å². The first-order valence-corrected chi connectivity index (χ1v) is 6.50. The minimum Gasteiger partial charge on any atom is -0.464 e. The second kappa shape index (κ2) is 4.61. The number of carbonyl (C=O) groups is 1. The maximum absolute atomic E-state index is 12.0. The number of hydrogen-bond donors (Lipinski definition) is 1. The van der Waals surface area contributed by atoms with Crippen molar-refractivity contribution in [1.82, 2.24) is 0 Å². The predicted molar refractivity (Wildman–Crippen MR) is 68.4 cm³/mol. The molecule has 0 bridgehead atoms. The number of benzene rings is 1. The molecule has 96 valence electrons. The van der Waals surface area contributed by atoms with Crippen molar-refractivity contribution >= 4 is 11.7 Å². The molecule has 2 unspecified atom stereocenters. The van der Waals surface area contributed by atoms with Gasteiger partial charge in [-0.25, -0.2) is 4.79 Å². The van der Waals surface area contributed by atoms with Gasteiger partial charge in [0, 0.05) is 12.1 Å². The highest BCUT2D eigenvalue weighted by Gasteiger charge is 2.48. The number of nitrogens with one attached hydrogen (secondary N) is 1. The summed E-state index contributed by atoms with van der Waals surface area (Å²) < 4.78 is 9.81. The first-order chi connectivity index (χ1) is 8.81. The van der Waals surface area contributed by atoms with E-state index >= 15 is 0 Å². The Labute approximate surface area is 106 Å². The van der Waals surface area contributed by atoms with Gasteiger partial charge in [-0.2, -0.15) is 0 Å². The lowest BCUT2D eigenvalue weighted by molar-refractivity contribution is -0.147. The Morgan fingerprint density at radius 2 is 2.33 bits per heavy atom. The molecule has 3 rings (SSSR count). The summed E-state index contributed by atoms with van der Waals surface area (Å²) in [4.78, 5) is 12.0. The third-order valence-electron chi connectivity index (χ3n) is 3.75. The quantitative estimate of drug-likeness (QED) is 0.639. The lowest BCUT2D eigenvalue weighted by Gasteiger charge is -2.31. The van der Waals surface area contributed by atoms with Gasteiger partial charge in [0.15, 0.2) is 6.10 Å². The van der Waals surface area contributed by atoms with E-state index in [4.69, 9.17) is 4.74 Å².